The highest BCUT2D eigenvalue weighted by Crippen LogP contribution is 2.23. The minimum atomic E-state index is 0.140. The molecule has 27 heavy (non-hydrogen) atoms. The highest BCUT2D eigenvalue weighted by molar-refractivity contribution is 7.99. The Balaban J connectivity index is 1.57. The SMILES string of the molecule is Cc1c(C(=O)N2CCCSCC2CN2CCCC2)cnn1-c1ccccc1. The molecule has 1 aromatic carbocycles. The van der Waals surface area contributed by atoms with E-state index in [1.54, 1.807) is 6.20 Å². The zero-order valence-electron chi connectivity index (χ0n) is 16.0. The molecule has 0 aliphatic carbocycles. The molecule has 2 aliphatic heterocycles. The van der Waals surface area contributed by atoms with Crippen molar-refractivity contribution in [1.29, 1.82) is 0 Å². The minimum Gasteiger partial charge on any atom is -0.333 e. The number of aromatic nitrogens is 2. The molecule has 144 valence electrons. The van der Waals surface area contributed by atoms with Gasteiger partial charge in [0.25, 0.3) is 5.91 Å². The first kappa shape index (κ1) is 18.6. The van der Waals surface area contributed by atoms with Crippen LogP contribution in [0.15, 0.2) is 36.5 Å². The predicted octanol–water partition coefficient (Wildman–Crippen LogP) is 3.22. The van der Waals surface area contributed by atoms with Crippen LogP contribution in [0.4, 0.5) is 0 Å². The molecule has 4 rings (SSSR count). The van der Waals surface area contributed by atoms with E-state index in [-0.39, 0.29) is 5.91 Å². The summed E-state index contributed by atoms with van der Waals surface area (Å²) in [6.45, 7) is 6.20. The van der Waals surface area contributed by atoms with Crippen molar-refractivity contribution < 1.29 is 4.79 Å². The third-order valence-corrected chi connectivity index (χ3v) is 6.81. The average molecular weight is 385 g/mol. The second-order valence-corrected chi connectivity index (χ2v) is 8.63. The van der Waals surface area contributed by atoms with Crippen LogP contribution < -0.4 is 0 Å². The topological polar surface area (TPSA) is 41.4 Å². The molecule has 2 aromatic rings. The van der Waals surface area contributed by atoms with Crippen LogP contribution in [-0.2, 0) is 0 Å². The number of likely N-dealkylation sites (tertiary alicyclic amines) is 1. The standard InChI is InChI=1S/C21H28N4OS/c1-17-20(14-22-25(17)18-8-3-2-4-9-18)21(26)24-12-7-13-27-16-19(24)15-23-10-5-6-11-23/h2-4,8-9,14,19H,5-7,10-13,15-16H2,1H3. The first-order valence-electron chi connectivity index (χ1n) is 9.95. The molecule has 2 saturated heterocycles. The summed E-state index contributed by atoms with van der Waals surface area (Å²) in [6, 6.07) is 10.3. The lowest BCUT2D eigenvalue weighted by molar-refractivity contribution is 0.0666. The molecule has 0 N–H and O–H groups in total. The van der Waals surface area contributed by atoms with Crippen LogP contribution in [0, 0.1) is 6.92 Å². The van der Waals surface area contributed by atoms with E-state index in [1.807, 2.05) is 53.7 Å². The lowest BCUT2D eigenvalue weighted by atomic mass is 10.1. The number of rotatable bonds is 4. The summed E-state index contributed by atoms with van der Waals surface area (Å²) in [5.74, 6) is 2.32. The number of nitrogens with zero attached hydrogens (tertiary/aromatic N) is 4. The summed E-state index contributed by atoms with van der Waals surface area (Å²) in [7, 11) is 0. The van der Waals surface area contributed by atoms with Crippen LogP contribution in [0.3, 0.4) is 0 Å². The second kappa shape index (κ2) is 8.48. The van der Waals surface area contributed by atoms with Gasteiger partial charge in [-0.1, -0.05) is 18.2 Å². The molecule has 6 heteroatoms. The van der Waals surface area contributed by atoms with E-state index in [0.29, 0.717) is 6.04 Å². The molecular formula is C21H28N4OS. The zero-order valence-corrected chi connectivity index (χ0v) is 16.8. The van der Waals surface area contributed by atoms with Crippen LogP contribution in [-0.4, -0.2) is 69.2 Å². The van der Waals surface area contributed by atoms with Crippen molar-refractivity contribution in [3.05, 3.63) is 47.8 Å². The Bertz CT molecular complexity index is 770. The van der Waals surface area contributed by atoms with Gasteiger partial charge in [0.1, 0.15) is 0 Å². The van der Waals surface area contributed by atoms with Gasteiger partial charge in [-0.3, -0.25) is 4.79 Å². The third-order valence-electron chi connectivity index (χ3n) is 5.61. The van der Waals surface area contributed by atoms with E-state index in [9.17, 15) is 4.79 Å². The number of carbonyl (C=O) groups excluding carboxylic acids is 1. The van der Waals surface area contributed by atoms with Crippen molar-refractivity contribution in [1.82, 2.24) is 19.6 Å². The number of amides is 1. The quantitative estimate of drug-likeness (QED) is 0.812. The summed E-state index contributed by atoms with van der Waals surface area (Å²) in [4.78, 5) is 18.1. The van der Waals surface area contributed by atoms with E-state index in [2.05, 4.69) is 14.9 Å². The maximum atomic E-state index is 13.4. The van der Waals surface area contributed by atoms with Crippen LogP contribution >= 0.6 is 11.8 Å². The fraction of sp³-hybridized carbons (Fsp3) is 0.524. The van der Waals surface area contributed by atoms with Gasteiger partial charge >= 0.3 is 0 Å². The predicted molar refractivity (Wildman–Crippen MR) is 111 cm³/mol. The van der Waals surface area contributed by atoms with E-state index >= 15 is 0 Å². The molecule has 1 unspecified atom stereocenters. The van der Waals surface area contributed by atoms with Gasteiger partial charge in [0.2, 0.25) is 0 Å². The number of hydrogen-bond acceptors (Lipinski definition) is 4. The number of para-hydroxylation sites is 1. The first-order valence-corrected chi connectivity index (χ1v) is 11.1. The first-order chi connectivity index (χ1) is 13.2. The molecule has 0 bridgehead atoms. The second-order valence-electron chi connectivity index (χ2n) is 7.48. The molecule has 1 amide bonds. The number of hydrogen-bond donors (Lipinski definition) is 0. The summed E-state index contributed by atoms with van der Waals surface area (Å²) in [5, 5.41) is 4.51. The van der Waals surface area contributed by atoms with Crippen molar-refractivity contribution in [3.8, 4) is 5.69 Å². The van der Waals surface area contributed by atoms with Crippen molar-refractivity contribution >= 4 is 17.7 Å². The summed E-state index contributed by atoms with van der Waals surface area (Å²) < 4.78 is 1.87. The molecule has 1 aromatic heterocycles. The fourth-order valence-electron chi connectivity index (χ4n) is 4.11. The highest BCUT2D eigenvalue weighted by Gasteiger charge is 2.30. The van der Waals surface area contributed by atoms with Gasteiger partial charge in [0, 0.05) is 18.8 Å². The van der Waals surface area contributed by atoms with Crippen molar-refractivity contribution in [2.24, 2.45) is 0 Å². The third kappa shape index (κ3) is 4.06. The van der Waals surface area contributed by atoms with E-state index < -0.39 is 0 Å². The van der Waals surface area contributed by atoms with E-state index in [0.717, 1.165) is 48.0 Å². The van der Waals surface area contributed by atoms with Crippen LogP contribution in [0.1, 0.15) is 35.3 Å². The van der Waals surface area contributed by atoms with E-state index in [4.69, 9.17) is 0 Å². The maximum absolute atomic E-state index is 13.4. The largest absolute Gasteiger partial charge is 0.333 e. The maximum Gasteiger partial charge on any atom is 0.257 e. The molecule has 0 radical (unpaired) electrons. The smallest absolute Gasteiger partial charge is 0.257 e. The Morgan fingerprint density at radius 3 is 2.70 bits per heavy atom. The van der Waals surface area contributed by atoms with Crippen molar-refractivity contribution in [2.75, 3.05) is 37.7 Å². The Hall–Kier alpha value is -1.79. The molecule has 2 aliphatic rings. The van der Waals surface area contributed by atoms with E-state index in [1.165, 1.54) is 25.9 Å². The zero-order chi connectivity index (χ0) is 18.6. The normalized spacial score (nSPS) is 21.4. The van der Waals surface area contributed by atoms with Gasteiger partial charge in [-0.25, -0.2) is 4.68 Å². The number of thioether (sulfide) groups is 1. The molecule has 2 fully saturated rings. The monoisotopic (exact) mass is 384 g/mol. The lowest BCUT2D eigenvalue weighted by Crippen LogP contribution is -2.47. The fourth-order valence-corrected chi connectivity index (χ4v) is 5.17. The van der Waals surface area contributed by atoms with Gasteiger partial charge < -0.3 is 9.80 Å². The highest BCUT2D eigenvalue weighted by atomic mass is 32.2. The Kier molecular flexibility index (Phi) is 5.83. The van der Waals surface area contributed by atoms with Crippen LogP contribution in [0.2, 0.25) is 0 Å². The molecule has 1 atom stereocenters. The summed E-state index contributed by atoms with van der Waals surface area (Å²) in [5.41, 5.74) is 2.65. The van der Waals surface area contributed by atoms with Crippen LogP contribution in [0.5, 0.6) is 0 Å². The van der Waals surface area contributed by atoms with Gasteiger partial charge in [-0.15, -0.1) is 0 Å². The Morgan fingerprint density at radius 1 is 1.15 bits per heavy atom. The Labute approximate surface area is 165 Å². The lowest BCUT2D eigenvalue weighted by Gasteiger charge is -2.32. The van der Waals surface area contributed by atoms with Crippen molar-refractivity contribution in [2.45, 2.75) is 32.2 Å². The average Bonchev–Trinajstić information content (AvgIpc) is 3.27. The molecule has 3 heterocycles. The van der Waals surface area contributed by atoms with Crippen molar-refractivity contribution in [3.63, 3.8) is 0 Å². The van der Waals surface area contributed by atoms with Gasteiger partial charge in [0.05, 0.1) is 29.2 Å². The van der Waals surface area contributed by atoms with Gasteiger partial charge in [-0.05, 0) is 57.2 Å². The molecule has 5 nitrogen and oxygen atoms in total. The number of benzene rings is 1. The van der Waals surface area contributed by atoms with Gasteiger partial charge in [-0.2, -0.15) is 16.9 Å². The van der Waals surface area contributed by atoms with Gasteiger partial charge in [0.15, 0.2) is 0 Å². The molecule has 0 spiro atoms. The molecule has 0 saturated carbocycles. The number of carbonyl (C=O) groups is 1. The summed E-state index contributed by atoms with van der Waals surface area (Å²) in [6.07, 6.45) is 5.39. The summed E-state index contributed by atoms with van der Waals surface area (Å²) >= 11 is 1.99. The molecular weight excluding hydrogens is 356 g/mol. The Morgan fingerprint density at radius 2 is 1.93 bits per heavy atom. The minimum absolute atomic E-state index is 0.140. The van der Waals surface area contributed by atoms with Crippen LogP contribution in [0.25, 0.3) is 5.69 Å².